The van der Waals surface area contributed by atoms with Crippen LogP contribution in [0.15, 0.2) is 29.6 Å². The van der Waals surface area contributed by atoms with Crippen LogP contribution >= 0.6 is 11.3 Å². The smallest absolute Gasteiger partial charge is 0.234 e. The van der Waals surface area contributed by atoms with Crippen LogP contribution in [0.1, 0.15) is 22.0 Å². The third-order valence-electron chi connectivity index (χ3n) is 4.52. The molecule has 1 aliphatic rings. The number of benzene rings is 1. The first-order valence-electron chi connectivity index (χ1n) is 8.40. The minimum atomic E-state index is -0.0616. The summed E-state index contributed by atoms with van der Waals surface area (Å²) in [6, 6.07) is 8.23. The number of thiophene rings is 1. The molecule has 1 aliphatic heterocycles. The number of methoxy groups -OCH3 is 2. The molecule has 0 bridgehead atoms. The standard InChI is InChI=1S/C20H22N2O3S/c1-4-8-21-19(23)13-22-9-7-14-11-16(24-2)17(25-3)12-15(14)20(22)18-6-5-10-26-18/h1,5-6,10-12,20H,7-9,13H2,2-3H3,(H,21,23). The van der Waals surface area contributed by atoms with Crippen LogP contribution in [0.3, 0.4) is 0 Å². The van der Waals surface area contributed by atoms with Crippen LogP contribution in [0.4, 0.5) is 0 Å². The Labute approximate surface area is 157 Å². The van der Waals surface area contributed by atoms with E-state index in [9.17, 15) is 4.79 Å². The Balaban J connectivity index is 1.97. The van der Waals surface area contributed by atoms with Gasteiger partial charge in [-0.1, -0.05) is 12.0 Å². The van der Waals surface area contributed by atoms with Crippen LogP contribution in [0.2, 0.25) is 0 Å². The third-order valence-corrected chi connectivity index (χ3v) is 5.45. The summed E-state index contributed by atoms with van der Waals surface area (Å²) in [5.74, 6) is 3.81. The summed E-state index contributed by atoms with van der Waals surface area (Å²) in [4.78, 5) is 15.6. The Morgan fingerprint density at radius 3 is 2.81 bits per heavy atom. The molecule has 0 saturated carbocycles. The average Bonchev–Trinajstić information content (AvgIpc) is 3.19. The molecule has 1 unspecified atom stereocenters. The van der Waals surface area contributed by atoms with Gasteiger partial charge in [-0.2, -0.15) is 0 Å². The summed E-state index contributed by atoms with van der Waals surface area (Å²) in [6.07, 6.45) is 6.08. The van der Waals surface area contributed by atoms with Gasteiger partial charge in [0.1, 0.15) is 0 Å². The highest BCUT2D eigenvalue weighted by Gasteiger charge is 2.32. The highest BCUT2D eigenvalue weighted by Crippen LogP contribution is 2.41. The number of amides is 1. The molecular weight excluding hydrogens is 348 g/mol. The maximum atomic E-state index is 12.2. The van der Waals surface area contributed by atoms with Crippen molar-refractivity contribution in [1.82, 2.24) is 10.2 Å². The molecule has 0 radical (unpaired) electrons. The maximum Gasteiger partial charge on any atom is 0.234 e. The second kappa shape index (κ2) is 8.26. The van der Waals surface area contributed by atoms with Gasteiger partial charge in [0.15, 0.2) is 11.5 Å². The second-order valence-corrected chi connectivity index (χ2v) is 7.00. The summed E-state index contributed by atoms with van der Waals surface area (Å²) < 4.78 is 10.9. The number of nitrogens with one attached hydrogen (secondary N) is 1. The molecule has 0 saturated heterocycles. The quantitative estimate of drug-likeness (QED) is 0.794. The topological polar surface area (TPSA) is 50.8 Å². The zero-order valence-corrected chi connectivity index (χ0v) is 15.8. The number of hydrogen-bond donors (Lipinski definition) is 1. The SMILES string of the molecule is C#CCNC(=O)CN1CCc2cc(OC)c(OC)cc2C1c1cccs1. The fourth-order valence-electron chi connectivity index (χ4n) is 3.34. The minimum absolute atomic E-state index is 0.00939. The van der Waals surface area contributed by atoms with Crippen LogP contribution in [0.25, 0.3) is 0 Å². The average molecular weight is 370 g/mol. The number of ether oxygens (including phenoxy) is 2. The Bertz CT molecular complexity index is 811. The lowest BCUT2D eigenvalue weighted by Gasteiger charge is -2.36. The van der Waals surface area contributed by atoms with Crippen LogP contribution in [0.5, 0.6) is 11.5 Å². The van der Waals surface area contributed by atoms with E-state index >= 15 is 0 Å². The van der Waals surface area contributed by atoms with Crippen LogP contribution in [-0.2, 0) is 11.2 Å². The summed E-state index contributed by atoms with van der Waals surface area (Å²) in [5, 5.41) is 4.81. The fraction of sp³-hybridized carbons (Fsp3) is 0.350. The van der Waals surface area contributed by atoms with Crippen LogP contribution in [-0.4, -0.2) is 44.7 Å². The first kappa shape index (κ1) is 18.3. The zero-order valence-electron chi connectivity index (χ0n) is 15.0. The van der Waals surface area contributed by atoms with Crippen molar-refractivity contribution in [3.8, 4) is 23.8 Å². The van der Waals surface area contributed by atoms with Gasteiger partial charge >= 0.3 is 0 Å². The van der Waals surface area contributed by atoms with Gasteiger partial charge in [0.25, 0.3) is 0 Å². The van der Waals surface area contributed by atoms with E-state index in [-0.39, 0.29) is 18.5 Å². The van der Waals surface area contributed by atoms with E-state index in [4.69, 9.17) is 15.9 Å². The molecule has 1 N–H and O–H groups in total. The monoisotopic (exact) mass is 370 g/mol. The van der Waals surface area contributed by atoms with Gasteiger partial charge in [-0.3, -0.25) is 9.69 Å². The van der Waals surface area contributed by atoms with Gasteiger partial charge in [0, 0.05) is 11.4 Å². The van der Waals surface area contributed by atoms with Gasteiger partial charge in [-0.15, -0.1) is 17.8 Å². The normalized spacial score (nSPS) is 16.4. The van der Waals surface area contributed by atoms with Gasteiger partial charge in [0.2, 0.25) is 5.91 Å². The second-order valence-electron chi connectivity index (χ2n) is 6.03. The minimum Gasteiger partial charge on any atom is -0.493 e. The zero-order chi connectivity index (χ0) is 18.5. The van der Waals surface area contributed by atoms with E-state index in [1.807, 2.05) is 18.2 Å². The number of nitrogens with zero attached hydrogens (tertiary/aromatic N) is 1. The molecule has 1 atom stereocenters. The molecule has 3 rings (SSSR count). The highest BCUT2D eigenvalue weighted by molar-refractivity contribution is 7.10. The summed E-state index contributed by atoms with van der Waals surface area (Å²) in [7, 11) is 3.28. The van der Waals surface area contributed by atoms with E-state index in [0.717, 1.165) is 24.3 Å². The van der Waals surface area contributed by atoms with Crippen molar-refractivity contribution < 1.29 is 14.3 Å². The first-order valence-corrected chi connectivity index (χ1v) is 9.28. The van der Waals surface area contributed by atoms with E-state index in [1.54, 1.807) is 25.6 Å². The van der Waals surface area contributed by atoms with Gasteiger partial charge < -0.3 is 14.8 Å². The van der Waals surface area contributed by atoms with Crippen molar-refractivity contribution in [2.75, 3.05) is 33.9 Å². The Morgan fingerprint density at radius 2 is 2.15 bits per heavy atom. The van der Waals surface area contributed by atoms with E-state index in [2.05, 4.69) is 27.6 Å². The number of carbonyl (C=O) groups excluding carboxylic acids is 1. The maximum absolute atomic E-state index is 12.2. The van der Waals surface area contributed by atoms with Crippen molar-refractivity contribution in [2.24, 2.45) is 0 Å². The molecule has 2 heterocycles. The molecular formula is C20H22N2O3S. The first-order chi connectivity index (χ1) is 12.7. The lowest BCUT2D eigenvalue weighted by molar-refractivity contribution is -0.122. The molecule has 136 valence electrons. The largest absolute Gasteiger partial charge is 0.493 e. The van der Waals surface area contributed by atoms with Crippen molar-refractivity contribution in [3.05, 3.63) is 45.6 Å². The van der Waals surface area contributed by atoms with Crippen molar-refractivity contribution >= 4 is 17.2 Å². The molecule has 2 aromatic rings. The molecule has 5 nitrogen and oxygen atoms in total. The molecule has 26 heavy (non-hydrogen) atoms. The molecule has 0 spiro atoms. The number of fused-ring (bicyclic) bond motifs is 1. The summed E-state index contributed by atoms with van der Waals surface area (Å²) in [6.45, 7) is 1.34. The lowest BCUT2D eigenvalue weighted by atomic mass is 9.91. The Morgan fingerprint density at radius 1 is 1.38 bits per heavy atom. The van der Waals surface area contributed by atoms with E-state index in [0.29, 0.717) is 12.3 Å². The summed E-state index contributed by atoms with van der Waals surface area (Å²) >= 11 is 1.69. The Hall–Kier alpha value is -2.49. The fourth-order valence-corrected chi connectivity index (χ4v) is 4.21. The number of rotatable bonds is 6. The predicted molar refractivity (Wildman–Crippen MR) is 103 cm³/mol. The van der Waals surface area contributed by atoms with E-state index in [1.165, 1.54) is 10.4 Å². The van der Waals surface area contributed by atoms with Crippen LogP contribution < -0.4 is 14.8 Å². The number of carbonyl (C=O) groups is 1. The lowest BCUT2D eigenvalue weighted by Crippen LogP contribution is -2.43. The number of terminal acetylenes is 1. The van der Waals surface area contributed by atoms with E-state index < -0.39 is 0 Å². The Kier molecular flexibility index (Phi) is 5.82. The van der Waals surface area contributed by atoms with Crippen LogP contribution in [0, 0.1) is 12.3 Å². The van der Waals surface area contributed by atoms with Gasteiger partial charge in [0.05, 0.1) is 33.4 Å². The molecule has 0 fully saturated rings. The molecule has 1 aromatic carbocycles. The van der Waals surface area contributed by atoms with Crippen molar-refractivity contribution in [3.63, 3.8) is 0 Å². The molecule has 1 aromatic heterocycles. The third kappa shape index (κ3) is 3.69. The van der Waals surface area contributed by atoms with Gasteiger partial charge in [-0.25, -0.2) is 0 Å². The van der Waals surface area contributed by atoms with Crippen molar-refractivity contribution in [2.45, 2.75) is 12.5 Å². The molecule has 6 heteroatoms. The van der Waals surface area contributed by atoms with Crippen molar-refractivity contribution in [1.29, 1.82) is 0 Å². The molecule has 0 aliphatic carbocycles. The molecule has 1 amide bonds. The predicted octanol–water partition coefficient (Wildman–Crippen LogP) is 2.46. The summed E-state index contributed by atoms with van der Waals surface area (Å²) in [5.41, 5.74) is 2.38. The highest BCUT2D eigenvalue weighted by atomic mass is 32.1. The number of hydrogen-bond acceptors (Lipinski definition) is 5. The van der Waals surface area contributed by atoms with Gasteiger partial charge in [-0.05, 0) is 41.1 Å².